The van der Waals surface area contributed by atoms with Crippen molar-refractivity contribution >= 4 is 5.78 Å². The van der Waals surface area contributed by atoms with Crippen molar-refractivity contribution in [2.24, 2.45) is 45.3 Å². The van der Waals surface area contributed by atoms with Gasteiger partial charge in [-0.1, -0.05) is 52.3 Å². The molecule has 0 aromatic carbocycles. The number of carbonyl (C=O) groups excluding carboxylic acids is 1. The van der Waals surface area contributed by atoms with Gasteiger partial charge in [-0.05, 0) is 68.3 Å². The fourth-order valence-electron chi connectivity index (χ4n) is 9.86. The second-order valence-electron chi connectivity index (χ2n) is 14.6. The van der Waals surface area contributed by atoms with Gasteiger partial charge in [0.05, 0.1) is 23.9 Å². The normalized spacial score (nSPS) is 51.8. The van der Waals surface area contributed by atoms with E-state index in [4.69, 9.17) is 4.74 Å². The molecule has 1 saturated heterocycles. The third-order valence-electron chi connectivity index (χ3n) is 11.7. The van der Waals surface area contributed by atoms with Gasteiger partial charge in [-0.15, -0.1) is 0 Å². The second kappa shape index (κ2) is 8.21. The van der Waals surface area contributed by atoms with E-state index in [0.29, 0.717) is 25.7 Å². The molecule has 5 N–H and O–H groups in total. The van der Waals surface area contributed by atoms with Crippen molar-refractivity contribution in [1.82, 2.24) is 0 Å². The maximum absolute atomic E-state index is 12.8. The molecule has 5 rings (SSSR count). The van der Waals surface area contributed by atoms with E-state index in [-0.39, 0.29) is 29.5 Å². The van der Waals surface area contributed by atoms with Crippen molar-refractivity contribution in [3.05, 3.63) is 23.8 Å². The molecule has 0 unspecified atom stereocenters. The summed E-state index contributed by atoms with van der Waals surface area (Å²) in [4.78, 5) is 12.8. The number of aliphatic hydroxyl groups excluding tert-OH is 4. The third kappa shape index (κ3) is 3.57. The zero-order valence-electron chi connectivity index (χ0n) is 23.3. The zero-order valence-corrected chi connectivity index (χ0v) is 23.3. The number of ether oxygens (including phenoxy) is 1. The highest BCUT2D eigenvalue weighted by Gasteiger charge is 2.70. The predicted molar refractivity (Wildman–Crippen MR) is 138 cm³/mol. The Morgan fingerprint density at radius 3 is 2.35 bits per heavy atom. The molecule has 5 aliphatic rings. The number of hydrogen-bond acceptors (Lipinski definition) is 7. The maximum Gasteiger partial charge on any atom is 0.161 e. The van der Waals surface area contributed by atoms with Crippen LogP contribution in [0.5, 0.6) is 0 Å². The van der Waals surface area contributed by atoms with Crippen molar-refractivity contribution in [3.8, 4) is 0 Å². The van der Waals surface area contributed by atoms with Crippen LogP contribution in [0.1, 0.15) is 74.1 Å². The molecule has 12 atom stereocenters. The molecule has 4 aliphatic carbocycles. The third-order valence-corrected chi connectivity index (χ3v) is 11.7. The molecule has 0 spiro atoms. The number of carbonyl (C=O) groups is 1. The largest absolute Gasteiger partial charge is 0.393 e. The number of allylic oxidation sites excluding steroid dienone is 3. The van der Waals surface area contributed by atoms with E-state index >= 15 is 0 Å². The second-order valence-corrected chi connectivity index (χ2v) is 14.6. The molecule has 1 heterocycles. The van der Waals surface area contributed by atoms with Crippen LogP contribution < -0.4 is 0 Å². The van der Waals surface area contributed by atoms with Gasteiger partial charge >= 0.3 is 0 Å². The minimum Gasteiger partial charge on any atom is -0.393 e. The lowest BCUT2D eigenvalue weighted by Crippen LogP contribution is -2.67. The number of fused-ring (bicyclic) bond motifs is 5. The molecule has 1 aliphatic heterocycles. The standard InChI is InChI=1S/C30H46O7/c1-26(2)20-13-22(33)30(7)19-9-8-16(15-12-18(37-25(15)35)24(34)27(3,4)36)29(19,6)14-17(31)23(30)28(20,5)11-10-21(26)32/h9-11,15-18,20,22-25,31,33-36H,8,12-14H2,1-7H3/t15-,16-,17+,18+,20-,22+,23+,24-,25-,28-,29-,30+/m0/s1. The lowest BCUT2D eigenvalue weighted by atomic mass is 9.37. The fourth-order valence-corrected chi connectivity index (χ4v) is 9.86. The van der Waals surface area contributed by atoms with Gasteiger partial charge in [0.1, 0.15) is 6.10 Å². The molecule has 7 heteroatoms. The summed E-state index contributed by atoms with van der Waals surface area (Å²) in [6, 6.07) is 0. The fraction of sp³-hybridized carbons (Fsp3) is 0.833. The van der Waals surface area contributed by atoms with E-state index in [9.17, 15) is 30.3 Å². The molecule has 2 saturated carbocycles. The van der Waals surface area contributed by atoms with Gasteiger partial charge in [0, 0.05) is 22.7 Å². The minimum absolute atomic E-state index is 0.0402. The topological polar surface area (TPSA) is 127 Å². The first-order valence-electron chi connectivity index (χ1n) is 13.9. The maximum atomic E-state index is 12.8. The SMILES string of the molecule is CC(C)(O)[C@@H](O)[C@H]1C[C@@H]([C@@H]2CC=C3[C@]4(C)[C@H](O)C[C@H]5C(C)(C)C(=O)C=C[C@]5(C)[C@H]4[C@H](O)C[C@]32C)[C@@H](O)O1. The lowest BCUT2D eigenvalue weighted by Gasteiger charge is -2.67. The van der Waals surface area contributed by atoms with Crippen LogP contribution in [0.4, 0.5) is 0 Å². The van der Waals surface area contributed by atoms with Crippen LogP contribution in [0.25, 0.3) is 0 Å². The van der Waals surface area contributed by atoms with Crippen LogP contribution in [0.2, 0.25) is 0 Å². The van der Waals surface area contributed by atoms with Crippen LogP contribution in [0, 0.1) is 45.3 Å². The quantitative estimate of drug-likeness (QED) is 0.364. The molecule has 3 fully saturated rings. The number of rotatable bonds is 3. The molecule has 7 nitrogen and oxygen atoms in total. The molecule has 0 bridgehead atoms. The van der Waals surface area contributed by atoms with Gasteiger partial charge in [-0.25, -0.2) is 0 Å². The summed E-state index contributed by atoms with van der Waals surface area (Å²) in [7, 11) is 0. The lowest BCUT2D eigenvalue weighted by molar-refractivity contribution is -0.200. The Morgan fingerprint density at radius 2 is 1.73 bits per heavy atom. The van der Waals surface area contributed by atoms with Gasteiger partial charge < -0.3 is 30.3 Å². The monoisotopic (exact) mass is 518 g/mol. The molecule has 0 aromatic heterocycles. The van der Waals surface area contributed by atoms with E-state index in [1.165, 1.54) is 13.8 Å². The van der Waals surface area contributed by atoms with Gasteiger partial charge in [0.15, 0.2) is 12.1 Å². The van der Waals surface area contributed by atoms with Crippen molar-refractivity contribution in [1.29, 1.82) is 0 Å². The Morgan fingerprint density at radius 1 is 1.08 bits per heavy atom. The summed E-state index contributed by atoms with van der Waals surface area (Å²) in [5, 5.41) is 55.6. The van der Waals surface area contributed by atoms with Crippen LogP contribution >= 0.6 is 0 Å². The Bertz CT molecular complexity index is 1030. The molecule has 0 aromatic rings. The number of hydrogen-bond donors (Lipinski definition) is 5. The highest BCUT2D eigenvalue weighted by atomic mass is 16.6. The minimum atomic E-state index is -1.36. The van der Waals surface area contributed by atoms with Crippen LogP contribution in [-0.4, -0.2) is 67.6 Å². The summed E-state index contributed by atoms with van der Waals surface area (Å²) >= 11 is 0. The summed E-state index contributed by atoms with van der Waals surface area (Å²) in [6.07, 6.45) is 3.63. The summed E-state index contributed by atoms with van der Waals surface area (Å²) < 4.78 is 5.77. The van der Waals surface area contributed by atoms with Crippen molar-refractivity contribution in [3.63, 3.8) is 0 Å². The summed E-state index contributed by atoms with van der Waals surface area (Å²) in [6.45, 7) is 13.3. The van der Waals surface area contributed by atoms with Gasteiger partial charge in [-0.2, -0.15) is 0 Å². The van der Waals surface area contributed by atoms with Gasteiger partial charge in [0.2, 0.25) is 0 Å². The summed E-state index contributed by atoms with van der Waals surface area (Å²) in [5.74, 6) is -0.592. The van der Waals surface area contributed by atoms with Crippen LogP contribution in [0.15, 0.2) is 23.8 Å². The first-order chi connectivity index (χ1) is 16.9. The zero-order chi connectivity index (χ0) is 27.5. The smallest absolute Gasteiger partial charge is 0.161 e. The van der Waals surface area contributed by atoms with E-state index in [1.807, 2.05) is 19.9 Å². The molecule has 37 heavy (non-hydrogen) atoms. The Labute approximate surface area is 220 Å². The van der Waals surface area contributed by atoms with E-state index in [2.05, 4.69) is 26.8 Å². The molecular weight excluding hydrogens is 472 g/mol. The molecule has 0 radical (unpaired) electrons. The Kier molecular flexibility index (Phi) is 6.10. The van der Waals surface area contributed by atoms with Crippen LogP contribution in [-0.2, 0) is 9.53 Å². The average Bonchev–Trinajstić information content (AvgIpc) is 3.31. The van der Waals surface area contributed by atoms with Crippen molar-refractivity contribution in [2.75, 3.05) is 0 Å². The predicted octanol–water partition coefficient (Wildman–Crippen LogP) is 2.73. The first kappa shape index (κ1) is 27.5. The van der Waals surface area contributed by atoms with Gasteiger partial charge in [-0.3, -0.25) is 4.79 Å². The number of ketones is 1. The molecule has 208 valence electrons. The van der Waals surface area contributed by atoms with E-state index in [0.717, 1.165) is 5.57 Å². The van der Waals surface area contributed by atoms with E-state index < -0.39 is 58.0 Å². The molecule has 0 amide bonds. The van der Waals surface area contributed by atoms with E-state index in [1.54, 1.807) is 6.08 Å². The average molecular weight is 519 g/mol. The van der Waals surface area contributed by atoms with Crippen molar-refractivity contribution < 1.29 is 35.1 Å². The van der Waals surface area contributed by atoms with Crippen molar-refractivity contribution in [2.45, 2.75) is 110 Å². The van der Waals surface area contributed by atoms with Gasteiger partial charge in [0.25, 0.3) is 0 Å². The highest BCUT2D eigenvalue weighted by molar-refractivity contribution is 5.95. The summed E-state index contributed by atoms with van der Waals surface area (Å²) in [5.41, 5.74) is -2.46. The number of aliphatic hydroxyl groups is 5. The Hall–Kier alpha value is -1.09. The molecular formula is C30H46O7. The highest BCUT2D eigenvalue weighted by Crippen LogP contribution is 2.72. The van der Waals surface area contributed by atoms with Crippen LogP contribution in [0.3, 0.4) is 0 Å². The first-order valence-corrected chi connectivity index (χ1v) is 13.9. The Balaban J connectivity index is 1.50.